The third-order valence-electron chi connectivity index (χ3n) is 3.92. The van der Waals surface area contributed by atoms with Crippen molar-refractivity contribution in [1.29, 1.82) is 0 Å². The fourth-order valence-corrected chi connectivity index (χ4v) is 7.65. The Labute approximate surface area is 171 Å². The molecule has 4 rings (SSSR count). The summed E-state index contributed by atoms with van der Waals surface area (Å²) in [6, 6.07) is 15.8. The van der Waals surface area contributed by atoms with Crippen molar-refractivity contribution in [2.24, 2.45) is 0 Å². The summed E-state index contributed by atoms with van der Waals surface area (Å²) in [6.07, 6.45) is 9.22. The van der Waals surface area contributed by atoms with Crippen molar-refractivity contribution in [2.45, 2.75) is 12.8 Å². The molecule has 0 atom stereocenters. The average molecular weight is 663 g/mol. The predicted octanol–water partition coefficient (Wildman–Crippen LogP) is -2.18. The van der Waals surface area contributed by atoms with E-state index in [4.69, 9.17) is 0 Å². The summed E-state index contributed by atoms with van der Waals surface area (Å²) in [5.74, 6) is 0. The smallest absolute Gasteiger partial charge is 1.00 e. The van der Waals surface area contributed by atoms with E-state index in [9.17, 15) is 0 Å². The van der Waals surface area contributed by atoms with Crippen LogP contribution in [0.4, 0.5) is 0 Å². The maximum Gasteiger partial charge on any atom is -1.00 e. The van der Waals surface area contributed by atoms with Gasteiger partial charge in [-0.25, -0.2) is 0 Å². The minimum absolute atomic E-state index is 0. The fraction of sp³-hybridized carbons (Fsp3) is 0.111. The monoisotopic (exact) mass is 664 g/mol. The zero-order chi connectivity index (χ0) is 12.7. The molecule has 2 aromatic carbocycles. The summed E-state index contributed by atoms with van der Waals surface area (Å²) >= 11 is -0.822. The molecule has 0 aliphatic heterocycles. The predicted molar refractivity (Wildman–Crippen MR) is 76.2 cm³/mol. The van der Waals surface area contributed by atoms with Gasteiger partial charge in [-0.3, -0.25) is 0 Å². The molecule has 2 aromatic rings. The van der Waals surface area contributed by atoms with E-state index in [0.717, 1.165) is 6.42 Å². The Morgan fingerprint density at radius 1 is 0.857 bits per heavy atom. The van der Waals surface area contributed by atoms with E-state index >= 15 is 0 Å². The van der Waals surface area contributed by atoms with Crippen LogP contribution in [0.5, 0.6) is 0 Å². The number of hydrogen-bond donors (Lipinski definition) is 0. The molecule has 0 spiro atoms. The van der Waals surface area contributed by atoms with Crippen LogP contribution in [0.25, 0.3) is 11.1 Å². The summed E-state index contributed by atoms with van der Waals surface area (Å²) in [5.41, 5.74) is 6.08. The zero-order valence-electron chi connectivity index (χ0n) is 11.4. The number of halogens is 2. The molecule has 0 heterocycles. The van der Waals surface area contributed by atoms with E-state index in [0.29, 0.717) is 0 Å². The summed E-state index contributed by atoms with van der Waals surface area (Å²) < 4.78 is 3.42. The Kier molecular flexibility index (Phi) is 6.44. The Morgan fingerprint density at radius 3 is 2.48 bits per heavy atom. The van der Waals surface area contributed by atoms with E-state index in [2.05, 4.69) is 60.7 Å². The van der Waals surface area contributed by atoms with E-state index in [-0.39, 0.29) is 48.0 Å². The maximum absolute atomic E-state index is 2.38. The van der Waals surface area contributed by atoms with Gasteiger partial charge in [0.2, 0.25) is 0 Å². The second-order valence-electron chi connectivity index (χ2n) is 5.11. The summed E-state index contributed by atoms with van der Waals surface area (Å²) in [7, 11) is 0. The second kappa shape index (κ2) is 7.68. The fourth-order valence-electron chi connectivity index (χ4n) is 2.99. The molecule has 0 N–H and O–H groups in total. The Hall–Kier alpha value is 0.250. The number of hydrogen-bond acceptors (Lipinski definition) is 0. The zero-order valence-corrected chi connectivity index (χ0v) is 19.4. The van der Waals surface area contributed by atoms with Crippen LogP contribution in [-0.4, -0.2) is 0 Å². The van der Waals surface area contributed by atoms with Gasteiger partial charge in [0.05, 0.1) is 0 Å². The van der Waals surface area contributed by atoms with Crippen LogP contribution in [0.1, 0.15) is 17.5 Å². The minimum atomic E-state index is -0.822. The molecule has 0 saturated carbocycles. The Bertz CT molecular complexity index is 717. The number of benzene rings is 2. The van der Waals surface area contributed by atoms with Crippen molar-refractivity contribution in [3.05, 3.63) is 75.1 Å². The molecule has 0 bridgehead atoms. The quantitative estimate of drug-likeness (QED) is 0.217. The molecule has 0 aromatic heterocycles. The molecule has 0 amide bonds. The average Bonchev–Trinajstić information content (AvgIpc) is 3.06. The Balaban J connectivity index is 0.000000807. The van der Waals surface area contributed by atoms with E-state index in [1.165, 1.54) is 23.1 Å². The van der Waals surface area contributed by atoms with Crippen molar-refractivity contribution in [3.63, 3.8) is 0 Å². The molecule has 0 nitrogen and oxygen atoms in total. The number of fused-ring (bicyclic) bond motifs is 3. The molecule has 2 aliphatic carbocycles. The molecule has 0 radical (unpaired) electrons. The molecular weight excluding hydrogens is 648 g/mol. The SMILES string of the molecule is C1=CC[C]([Hf+2][c]2cccc3c2Cc2ccccc2-3)=C1.[I-].[I-]. The standard InChI is InChI=1S/C13H9.C5H5.Hf.2HI/c1-3-7-12-10(5-1)9-11-6-2-4-8-13(11)12;1-2-4-5-3-1;;;/h1-5,7-8H,9H2;1-3H,4H2;;2*1H/q;;+2;;/p-2. The van der Waals surface area contributed by atoms with Gasteiger partial charge in [0, 0.05) is 0 Å². The first kappa shape index (κ1) is 17.6. The van der Waals surface area contributed by atoms with E-state index in [1.54, 1.807) is 12.2 Å². The van der Waals surface area contributed by atoms with Gasteiger partial charge in [-0.1, -0.05) is 0 Å². The molecule has 21 heavy (non-hydrogen) atoms. The van der Waals surface area contributed by atoms with Crippen LogP contribution in [0.15, 0.2) is 64.0 Å². The minimum Gasteiger partial charge on any atom is -1.00 e. The third-order valence-corrected chi connectivity index (χ3v) is 9.05. The van der Waals surface area contributed by atoms with Crippen molar-refractivity contribution < 1.29 is 70.9 Å². The van der Waals surface area contributed by atoms with E-state index in [1.807, 2.05) is 0 Å². The molecule has 3 heteroatoms. The first-order valence-corrected chi connectivity index (χ1v) is 10.3. The van der Waals surface area contributed by atoms with Crippen LogP contribution in [0.2, 0.25) is 0 Å². The van der Waals surface area contributed by atoms with Crippen LogP contribution >= 0.6 is 0 Å². The van der Waals surface area contributed by atoms with Crippen LogP contribution < -0.4 is 51.3 Å². The Morgan fingerprint density at radius 2 is 1.67 bits per heavy atom. The summed E-state index contributed by atoms with van der Waals surface area (Å²) in [4.78, 5) is 0. The van der Waals surface area contributed by atoms with Gasteiger partial charge < -0.3 is 48.0 Å². The second-order valence-corrected chi connectivity index (χ2v) is 10.3. The molecular formula is C18H14HfI2. The van der Waals surface area contributed by atoms with Crippen LogP contribution in [-0.2, 0) is 29.3 Å². The van der Waals surface area contributed by atoms with Gasteiger partial charge in [0.1, 0.15) is 0 Å². The van der Waals surface area contributed by atoms with Gasteiger partial charge in [0.25, 0.3) is 0 Å². The van der Waals surface area contributed by atoms with Crippen molar-refractivity contribution in [1.82, 2.24) is 0 Å². The molecule has 0 saturated heterocycles. The van der Waals surface area contributed by atoms with Gasteiger partial charge in [0.15, 0.2) is 0 Å². The summed E-state index contributed by atoms with van der Waals surface area (Å²) in [5, 5.41) is 0. The molecule has 0 unspecified atom stereocenters. The number of rotatable bonds is 2. The van der Waals surface area contributed by atoms with Crippen LogP contribution in [0.3, 0.4) is 0 Å². The molecule has 104 valence electrons. The summed E-state index contributed by atoms with van der Waals surface area (Å²) in [6.45, 7) is 0. The first-order valence-electron chi connectivity index (χ1n) is 6.75. The molecule has 0 fully saturated rings. The van der Waals surface area contributed by atoms with Crippen molar-refractivity contribution >= 4 is 3.32 Å². The van der Waals surface area contributed by atoms with E-state index < -0.39 is 22.9 Å². The van der Waals surface area contributed by atoms with Crippen molar-refractivity contribution in [3.8, 4) is 11.1 Å². The maximum atomic E-state index is 2.38. The largest absolute Gasteiger partial charge is 1.00 e. The van der Waals surface area contributed by atoms with Gasteiger partial charge in [-0.05, 0) is 0 Å². The van der Waals surface area contributed by atoms with Crippen molar-refractivity contribution in [2.75, 3.05) is 0 Å². The van der Waals surface area contributed by atoms with Gasteiger partial charge >= 0.3 is 125 Å². The molecule has 2 aliphatic rings. The first-order chi connectivity index (χ1) is 9.42. The third kappa shape index (κ3) is 3.44. The van der Waals surface area contributed by atoms with Gasteiger partial charge in [-0.2, -0.15) is 0 Å². The normalized spacial score (nSPS) is 13.4. The topological polar surface area (TPSA) is 0 Å². The van der Waals surface area contributed by atoms with Crippen LogP contribution in [0, 0.1) is 0 Å². The number of allylic oxidation sites excluding steroid dienone is 4. The van der Waals surface area contributed by atoms with Gasteiger partial charge in [-0.15, -0.1) is 0 Å².